The molecule has 1 aliphatic heterocycles. The van der Waals surface area contributed by atoms with Gasteiger partial charge in [0, 0.05) is 39.0 Å². The molecule has 0 bridgehead atoms. The fraction of sp³-hybridized carbons (Fsp3) is 0.245. The van der Waals surface area contributed by atoms with Crippen LogP contribution in [-0.4, -0.2) is 59.9 Å². The smallest absolute Gasteiger partial charge is 0.412 e. The summed E-state index contributed by atoms with van der Waals surface area (Å²) in [5, 5.41) is 10.0. The quantitative estimate of drug-likeness (QED) is 0.0928. The predicted molar refractivity (Wildman–Crippen MR) is 247 cm³/mol. The highest BCUT2D eigenvalue weighted by molar-refractivity contribution is 7.99. The van der Waals surface area contributed by atoms with Crippen molar-refractivity contribution in [3.05, 3.63) is 144 Å². The molecule has 7 aromatic rings. The van der Waals surface area contributed by atoms with Crippen LogP contribution < -0.4 is 16.0 Å². The fourth-order valence-electron chi connectivity index (χ4n) is 7.33. The standard InChI is InChI=1S/C49H49N9O4S/c1-30(2)38-23-22-37-44(55-38)51-29-52-45(37)56-39-27-33(15-24-42(39)63-36-20-18-35(19-21-36)54-48(61)62-49(3,4)5)47(60)53-34-16-13-32(14-17-34)40-28-50-46(57-40)41-12-9-25-58(41)43(59)26-31-10-7-6-8-11-31/h6-8,10-11,13-24,27-30,41H,9,12,25-26H2,1-5H3,(H,50,57)(H,53,60)(H,54,61)(H,51,52,55,56). The number of anilines is 4. The van der Waals surface area contributed by atoms with Gasteiger partial charge in [-0.2, -0.15) is 0 Å². The molecule has 3 amide bonds. The summed E-state index contributed by atoms with van der Waals surface area (Å²) in [5.74, 6) is 1.36. The zero-order valence-corrected chi connectivity index (χ0v) is 36.6. The van der Waals surface area contributed by atoms with Crippen molar-refractivity contribution in [3.8, 4) is 11.3 Å². The van der Waals surface area contributed by atoms with E-state index in [1.807, 2.05) is 123 Å². The Morgan fingerprint density at radius 1 is 0.873 bits per heavy atom. The number of carbonyl (C=O) groups is 3. The Morgan fingerprint density at radius 3 is 2.37 bits per heavy atom. The molecule has 0 aliphatic carbocycles. The van der Waals surface area contributed by atoms with Crippen LogP contribution in [0.4, 0.5) is 27.7 Å². The number of H-pyrrole nitrogens is 1. The number of amides is 3. The number of likely N-dealkylation sites (tertiary alicyclic amines) is 1. The van der Waals surface area contributed by atoms with E-state index in [0.717, 1.165) is 56.4 Å². The largest absolute Gasteiger partial charge is 0.444 e. The monoisotopic (exact) mass is 859 g/mol. The lowest BCUT2D eigenvalue weighted by Gasteiger charge is -2.23. The Morgan fingerprint density at radius 2 is 1.62 bits per heavy atom. The summed E-state index contributed by atoms with van der Waals surface area (Å²) >= 11 is 1.49. The molecule has 4 heterocycles. The topological polar surface area (TPSA) is 167 Å². The van der Waals surface area contributed by atoms with Gasteiger partial charge in [0.2, 0.25) is 5.91 Å². The number of hydrogen-bond donors (Lipinski definition) is 4. The number of carbonyl (C=O) groups excluding carboxylic acids is 3. The molecular weight excluding hydrogens is 811 g/mol. The van der Waals surface area contributed by atoms with Crippen molar-refractivity contribution in [3.63, 3.8) is 0 Å². The highest BCUT2D eigenvalue weighted by Gasteiger charge is 2.32. The third kappa shape index (κ3) is 10.5. The van der Waals surface area contributed by atoms with Crippen molar-refractivity contribution in [1.29, 1.82) is 0 Å². The van der Waals surface area contributed by atoms with Crippen LogP contribution in [0.15, 0.2) is 132 Å². The normalized spacial score (nSPS) is 13.9. The Balaban J connectivity index is 0.987. The molecule has 1 atom stereocenters. The van der Waals surface area contributed by atoms with E-state index in [-0.39, 0.29) is 23.8 Å². The second-order valence-electron chi connectivity index (χ2n) is 16.7. The van der Waals surface area contributed by atoms with Crippen LogP contribution in [0.1, 0.15) is 86.9 Å². The zero-order valence-electron chi connectivity index (χ0n) is 35.8. The van der Waals surface area contributed by atoms with E-state index in [1.165, 1.54) is 18.1 Å². The Labute approximate surface area is 370 Å². The molecule has 320 valence electrons. The van der Waals surface area contributed by atoms with Crippen molar-refractivity contribution >= 4 is 63.6 Å². The molecule has 4 aromatic carbocycles. The number of pyridine rings is 1. The first-order valence-corrected chi connectivity index (χ1v) is 21.8. The SMILES string of the molecule is CC(C)c1ccc2c(Nc3cc(C(=O)Nc4ccc(-c5cnc(C6CCCN6C(=O)Cc6ccccc6)[nH]5)cc4)ccc3Sc3ccc(NC(=O)OC(C)(C)C)cc3)ncnc2n1. The molecule has 8 rings (SSSR count). The number of benzene rings is 4. The minimum Gasteiger partial charge on any atom is -0.444 e. The molecule has 14 heteroatoms. The molecule has 0 spiro atoms. The van der Waals surface area contributed by atoms with Gasteiger partial charge in [-0.05, 0) is 117 Å². The molecule has 1 saturated heterocycles. The number of ether oxygens (including phenoxy) is 1. The first kappa shape index (κ1) is 42.6. The van der Waals surface area contributed by atoms with Gasteiger partial charge in [0.25, 0.3) is 5.91 Å². The van der Waals surface area contributed by atoms with E-state index >= 15 is 0 Å². The lowest BCUT2D eigenvalue weighted by atomic mass is 10.1. The Kier molecular flexibility index (Phi) is 12.5. The summed E-state index contributed by atoms with van der Waals surface area (Å²) in [6, 6.07) is 34.1. The number of nitrogens with one attached hydrogen (secondary N) is 4. The van der Waals surface area contributed by atoms with Crippen LogP contribution in [0.3, 0.4) is 0 Å². The third-order valence-corrected chi connectivity index (χ3v) is 11.6. The van der Waals surface area contributed by atoms with Gasteiger partial charge in [-0.1, -0.05) is 68.1 Å². The van der Waals surface area contributed by atoms with E-state index in [1.54, 1.807) is 18.3 Å². The first-order chi connectivity index (χ1) is 30.3. The lowest BCUT2D eigenvalue weighted by molar-refractivity contribution is -0.131. The molecule has 0 radical (unpaired) electrons. The fourth-order valence-corrected chi connectivity index (χ4v) is 8.21. The lowest BCUT2D eigenvalue weighted by Crippen LogP contribution is -2.32. The van der Waals surface area contributed by atoms with Crippen LogP contribution in [0.2, 0.25) is 0 Å². The van der Waals surface area contributed by atoms with Gasteiger partial charge in [0.15, 0.2) is 5.65 Å². The first-order valence-electron chi connectivity index (χ1n) is 21.0. The molecule has 13 nitrogen and oxygen atoms in total. The average Bonchev–Trinajstić information content (AvgIpc) is 3.96. The minimum absolute atomic E-state index is 0.0962. The van der Waals surface area contributed by atoms with Gasteiger partial charge in [-0.15, -0.1) is 0 Å². The maximum absolute atomic E-state index is 13.8. The van der Waals surface area contributed by atoms with Gasteiger partial charge < -0.3 is 25.3 Å². The molecule has 63 heavy (non-hydrogen) atoms. The van der Waals surface area contributed by atoms with Gasteiger partial charge in [0.05, 0.1) is 35.4 Å². The van der Waals surface area contributed by atoms with Crippen molar-refractivity contribution < 1.29 is 19.1 Å². The van der Waals surface area contributed by atoms with Crippen molar-refractivity contribution in [1.82, 2.24) is 29.8 Å². The number of fused-ring (bicyclic) bond motifs is 1. The number of hydrogen-bond acceptors (Lipinski definition) is 10. The van der Waals surface area contributed by atoms with Crippen LogP contribution >= 0.6 is 11.8 Å². The summed E-state index contributed by atoms with van der Waals surface area (Å²) in [7, 11) is 0. The second kappa shape index (κ2) is 18.5. The molecule has 1 fully saturated rings. The highest BCUT2D eigenvalue weighted by atomic mass is 32.2. The van der Waals surface area contributed by atoms with Gasteiger partial charge in [-0.25, -0.2) is 24.7 Å². The van der Waals surface area contributed by atoms with Crippen molar-refractivity contribution in [2.24, 2.45) is 0 Å². The van der Waals surface area contributed by atoms with Crippen molar-refractivity contribution in [2.45, 2.75) is 81.2 Å². The Hall–Kier alpha value is -7.06. The van der Waals surface area contributed by atoms with Crippen LogP contribution in [0.5, 0.6) is 0 Å². The molecule has 1 unspecified atom stereocenters. The zero-order chi connectivity index (χ0) is 44.1. The number of rotatable bonds is 12. The van der Waals surface area contributed by atoms with Gasteiger partial charge >= 0.3 is 6.09 Å². The van der Waals surface area contributed by atoms with E-state index < -0.39 is 11.7 Å². The van der Waals surface area contributed by atoms with Crippen molar-refractivity contribution in [2.75, 3.05) is 22.5 Å². The van der Waals surface area contributed by atoms with Crippen LogP contribution in [-0.2, 0) is 16.0 Å². The van der Waals surface area contributed by atoms with Gasteiger partial charge in [0.1, 0.15) is 23.6 Å². The average molecular weight is 860 g/mol. The van der Waals surface area contributed by atoms with Crippen LogP contribution in [0, 0.1) is 0 Å². The molecular formula is C49H49N9O4S. The summed E-state index contributed by atoms with van der Waals surface area (Å²) < 4.78 is 5.39. The summed E-state index contributed by atoms with van der Waals surface area (Å²) in [6.45, 7) is 10.3. The number of nitrogens with zero attached hydrogens (tertiary/aromatic N) is 5. The van der Waals surface area contributed by atoms with E-state index in [4.69, 9.17) is 14.7 Å². The number of imidazole rings is 1. The van der Waals surface area contributed by atoms with Crippen LogP contribution in [0.25, 0.3) is 22.3 Å². The summed E-state index contributed by atoms with van der Waals surface area (Å²) in [5.41, 5.74) is 5.93. The molecule has 3 aromatic heterocycles. The van der Waals surface area contributed by atoms with E-state index in [0.29, 0.717) is 47.1 Å². The van der Waals surface area contributed by atoms with Gasteiger partial charge in [-0.3, -0.25) is 14.9 Å². The summed E-state index contributed by atoms with van der Waals surface area (Å²) in [6.07, 6.45) is 4.88. The second-order valence-corrected chi connectivity index (χ2v) is 17.8. The number of aromatic amines is 1. The number of aromatic nitrogens is 5. The molecule has 1 aliphatic rings. The molecule has 0 saturated carbocycles. The molecule has 4 N–H and O–H groups in total. The van der Waals surface area contributed by atoms with E-state index in [9.17, 15) is 14.4 Å². The highest BCUT2D eigenvalue weighted by Crippen LogP contribution is 2.38. The predicted octanol–water partition coefficient (Wildman–Crippen LogP) is 10.9. The maximum Gasteiger partial charge on any atom is 0.412 e. The maximum atomic E-state index is 13.8. The minimum atomic E-state index is -0.615. The third-order valence-electron chi connectivity index (χ3n) is 10.5. The van der Waals surface area contributed by atoms with E-state index in [2.05, 4.69) is 44.7 Å². The summed E-state index contributed by atoms with van der Waals surface area (Å²) in [4.78, 5) is 65.0. The Bertz CT molecular complexity index is 2750.